The average molecular weight is 581 g/mol. The number of nitrogens with zero attached hydrogens (tertiary/aromatic N) is 3. The van der Waals surface area contributed by atoms with Gasteiger partial charge < -0.3 is 14.2 Å². The van der Waals surface area contributed by atoms with Gasteiger partial charge in [-0.3, -0.25) is 4.79 Å². The van der Waals surface area contributed by atoms with E-state index in [1.807, 2.05) is 26.8 Å². The molecule has 0 saturated heterocycles. The second-order valence-electron chi connectivity index (χ2n) is 7.28. The largest absolute Gasteiger partial charge is 0.490 e. The van der Waals surface area contributed by atoms with Crippen molar-refractivity contribution in [3.8, 4) is 11.5 Å². The van der Waals surface area contributed by atoms with Gasteiger partial charge in [0.25, 0.3) is 5.56 Å². The van der Waals surface area contributed by atoms with Crippen LogP contribution in [0.15, 0.2) is 49.2 Å². The molecule has 0 aliphatic heterocycles. The van der Waals surface area contributed by atoms with Crippen molar-refractivity contribution < 1.29 is 19.0 Å². The molecule has 0 spiro atoms. The number of halogens is 2. The molecule has 3 rings (SSSR count). The summed E-state index contributed by atoms with van der Waals surface area (Å²) in [6, 6.07) is 8.86. The number of carbonyl (C=O) groups excluding carboxylic acids is 1. The van der Waals surface area contributed by atoms with Gasteiger partial charge >= 0.3 is 5.97 Å². The Hall–Kier alpha value is -2.72. The number of fused-ring (bicyclic) bond motifs is 1. The second kappa shape index (κ2) is 10.9. The SMILES string of the molecule is CCOc1cc(C=Nn2c(C(C)C)nc3ccc(Br)cc3c2=O)cc(Br)c1OCC(=O)OC. The quantitative estimate of drug-likeness (QED) is 0.279. The molecule has 2 aromatic carbocycles. The van der Waals surface area contributed by atoms with Crippen molar-refractivity contribution in [1.29, 1.82) is 0 Å². The van der Waals surface area contributed by atoms with Gasteiger partial charge in [0, 0.05) is 10.4 Å². The summed E-state index contributed by atoms with van der Waals surface area (Å²) in [6.07, 6.45) is 1.55. The minimum absolute atomic E-state index is 0.0253. The van der Waals surface area contributed by atoms with Crippen LogP contribution in [0.5, 0.6) is 11.5 Å². The summed E-state index contributed by atoms with van der Waals surface area (Å²) in [5.41, 5.74) is 1.02. The summed E-state index contributed by atoms with van der Waals surface area (Å²) >= 11 is 6.86. The van der Waals surface area contributed by atoms with E-state index in [0.29, 0.717) is 44.9 Å². The molecule has 33 heavy (non-hydrogen) atoms. The van der Waals surface area contributed by atoms with Crippen molar-refractivity contribution >= 4 is 54.9 Å². The summed E-state index contributed by atoms with van der Waals surface area (Å²) in [4.78, 5) is 29.3. The van der Waals surface area contributed by atoms with E-state index in [2.05, 4.69) is 46.7 Å². The van der Waals surface area contributed by atoms with E-state index in [0.717, 1.165) is 4.47 Å². The Labute approximate surface area is 207 Å². The van der Waals surface area contributed by atoms with Crippen molar-refractivity contribution in [2.24, 2.45) is 5.10 Å². The number of hydrogen-bond acceptors (Lipinski definition) is 7. The first-order valence-corrected chi connectivity index (χ1v) is 11.8. The molecular formula is C23H23Br2N3O5. The molecule has 1 aromatic heterocycles. The van der Waals surface area contributed by atoms with Crippen LogP contribution in [0.25, 0.3) is 10.9 Å². The van der Waals surface area contributed by atoms with E-state index in [4.69, 9.17) is 9.47 Å². The topological polar surface area (TPSA) is 92.0 Å². The normalized spacial score (nSPS) is 11.4. The van der Waals surface area contributed by atoms with Crippen molar-refractivity contribution in [1.82, 2.24) is 9.66 Å². The van der Waals surface area contributed by atoms with Gasteiger partial charge in [0.15, 0.2) is 18.1 Å². The van der Waals surface area contributed by atoms with Crippen molar-refractivity contribution in [2.45, 2.75) is 26.7 Å². The Morgan fingerprint density at radius 3 is 2.64 bits per heavy atom. The third-order valence-electron chi connectivity index (χ3n) is 4.57. The molecule has 174 valence electrons. The van der Waals surface area contributed by atoms with E-state index >= 15 is 0 Å². The van der Waals surface area contributed by atoms with Crippen LogP contribution < -0.4 is 15.0 Å². The molecule has 0 radical (unpaired) electrons. The summed E-state index contributed by atoms with van der Waals surface area (Å²) < 4.78 is 18.5. The lowest BCUT2D eigenvalue weighted by molar-refractivity contribution is -0.142. The van der Waals surface area contributed by atoms with Gasteiger partial charge in [-0.25, -0.2) is 9.78 Å². The molecule has 1 heterocycles. The Morgan fingerprint density at radius 1 is 1.21 bits per heavy atom. The van der Waals surface area contributed by atoms with Crippen molar-refractivity contribution in [2.75, 3.05) is 20.3 Å². The lowest BCUT2D eigenvalue weighted by Crippen LogP contribution is -2.23. The van der Waals surface area contributed by atoms with Crippen LogP contribution in [0, 0.1) is 0 Å². The van der Waals surface area contributed by atoms with Gasteiger partial charge in [-0.1, -0.05) is 29.8 Å². The Balaban J connectivity index is 2.05. The van der Waals surface area contributed by atoms with E-state index in [9.17, 15) is 9.59 Å². The molecular weight excluding hydrogens is 558 g/mol. The molecule has 3 aromatic rings. The Bertz CT molecular complexity index is 1270. The highest BCUT2D eigenvalue weighted by Crippen LogP contribution is 2.36. The summed E-state index contributed by atoms with van der Waals surface area (Å²) in [5.74, 6) is 0.813. The van der Waals surface area contributed by atoms with Gasteiger partial charge in [0.05, 0.1) is 35.3 Å². The minimum atomic E-state index is -0.508. The number of aromatic nitrogens is 2. The summed E-state index contributed by atoms with van der Waals surface area (Å²) in [6.45, 7) is 5.88. The molecule has 0 bridgehead atoms. The lowest BCUT2D eigenvalue weighted by Gasteiger charge is -2.14. The third-order valence-corrected chi connectivity index (χ3v) is 5.65. The van der Waals surface area contributed by atoms with Gasteiger partial charge in [0.2, 0.25) is 0 Å². The zero-order valence-corrected chi connectivity index (χ0v) is 21.8. The molecule has 8 nitrogen and oxygen atoms in total. The van der Waals surface area contributed by atoms with Crippen LogP contribution >= 0.6 is 31.9 Å². The average Bonchev–Trinajstić information content (AvgIpc) is 2.78. The third kappa shape index (κ3) is 5.80. The molecule has 0 N–H and O–H groups in total. The summed E-state index contributed by atoms with van der Waals surface area (Å²) in [5, 5.41) is 4.91. The van der Waals surface area contributed by atoms with E-state index in [-0.39, 0.29) is 18.1 Å². The van der Waals surface area contributed by atoms with E-state index in [1.165, 1.54) is 11.8 Å². The zero-order chi connectivity index (χ0) is 24.1. The number of rotatable bonds is 8. The molecule has 0 unspecified atom stereocenters. The van der Waals surface area contributed by atoms with Gasteiger partial charge in [0.1, 0.15) is 5.82 Å². The van der Waals surface area contributed by atoms with E-state index < -0.39 is 5.97 Å². The van der Waals surface area contributed by atoms with Gasteiger partial charge in [-0.15, -0.1) is 0 Å². The first-order chi connectivity index (χ1) is 15.7. The maximum Gasteiger partial charge on any atom is 0.343 e. The maximum absolute atomic E-state index is 13.2. The predicted octanol–water partition coefficient (Wildman–Crippen LogP) is 4.88. The number of carbonyl (C=O) groups is 1. The fourth-order valence-corrected chi connectivity index (χ4v) is 3.97. The van der Waals surface area contributed by atoms with E-state index in [1.54, 1.807) is 30.5 Å². The molecule has 0 atom stereocenters. The maximum atomic E-state index is 13.2. The smallest absolute Gasteiger partial charge is 0.343 e. The number of ether oxygens (including phenoxy) is 3. The Kier molecular flexibility index (Phi) is 8.25. The molecule has 0 aliphatic carbocycles. The molecule has 0 amide bonds. The zero-order valence-electron chi connectivity index (χ0n) is 18.6. The highest BCUT2D eigenvalue weighted by molar-refractivity contribution is 9.10. The predicted molar refractivity (Wildman–Crippen MR) is 134 cm³/mol. The van der Waals surface area contributed by atoms with Crippen LogP contribution in [0.4, 0.5) is 0 Å². The van der Waals surface area contributed by atoms with Gasteiger partial charge in [-0.05, 0) is 58.7 Å². The van der Waals surface area contributed by atoms with Crippen LogP contribution in [0.3, 0.4) is 0 Å². The Morgan fingerprint density at radius 2 is 1.97 bits per heavy atom. The number of benzene rings is 2. The highest BCUT2D eigenvalue weighted by atomic mass is 79.9. The first-order valence-electron chi connectivity index (χ1n) is 10.2. The lowest BCUT2D eigenvalue weighted by atomic mass is 10.2. The van der Waals surface area contributed by atoms with Gasteiger partial charge in [-0.2, -0.15) is 9.78 Å². The fraction of sp³-hybridized carbons (Fsp3) is 0.304. The number of methoxy groups -OCH3 is 1. The second-order valence-corrected chi connectivity index (χ2v) is 9.05. The minimum Gasteiger partial charge on any atom is -0.490 e. The number of hydrogen-bond donors (Lipinski definition) is 0. The van der Waals surface area contributed by atoms with Crippen LogP contribution in [0.2, 0.25) is 0 Å². The number of esters is 1. The standard InChI is InChI=1S/C23H23Br2N3O5/c1-5-32-19-9-14(8-17(25)21(19)33-12-20(29)31-4)11-26-28-22(13(2)3)27-18-7-6-15(24)10-16(18)23(28)30/h6-11,13H,5,12H2,1-4H3. The van der Waals surface area contributed by atoms with Crippen LogP contribution in [-0.2, 0) is 9.53 Å². The van der Waals surface area contributed by atoms with Crippen LogP contribution in [0.1, 0.15) is 38.1 Å². The molecule has 10 heteroatoms. The molecule has 0 aliphatic rings. The first kappa shape index (κ1) is 24.9. The summed E-state index contributed by atoms with van der Waals surface area (Å²) in [7, 11) is 1.29. The highest BCUT2D eigenvalue weighted by Gasteiger charge is 2.16. The molecule has 0 fully saturated rings. The monoisotopic (exact) mass is 579 g/mol. The molecule has 0 saturated carbocycles. The van der Waals surface area contributed by atoms with Crippen molar-refractivity contribution in [3.05, 3.63) is 61.0 Å². The van der Waals surface area contributed by atoms with Crippen molar-refractivity contribution in [3.63, 3.8) is 0 Å². The fourth-order valence-electron chi connectivity index (χ4n) is 3.03. The van der Waals surface area contributed by atoms with Crippen LogP contribution in [-0.4, -0.2) is 42.2 Å².